The van der Waals surface area contributed by atoms with E-state index in [0.29, 0.717) is 5.56 Å². The van der Waals surface area contributed by atoms with E-state index in [0.717, 1.165) is 31.6 Å². The Labute approximate surface area is 122 Å². The van der Waals surface area contributed by atoms with Crippen LogP contribution in [0, 0.1) is 5.92 Å². The molecule has 1 amide bonds. The van der Waals surface area contributed by atoms with E-state index >= 15 is 0 Å². The average Bonchev–Trinajstić information content (AvgIpc) is 2.57. The minimum Gasteiger partial charge on any atom is -0.349 e. The number of carbonyl (C=O) groups excluding carboxylic acids is 1. The molecular formula is C13H17Cl2N3O. The molecule has 0 radical (unpaired) electrons. The van der Waals surface area contributed by atoms with E-state index < -0.39 is 0 Å². The first-order valence-electron chi connectivity index (χ1n) is 6.56. The summed E-state index contributed by atoms with van der Waals surface area (Å²) in [5.74, 6) is 0.517. The molecule has 0 bridgehead atoms. The number of carbonyl (C=O) groups is 1. The Hall–Kier alpha value is -0.870. The Kier molecular flexibility index (Phi) is 4.99. The Balaban J connectivity index is 2.02. The summed E-state index contributed by atoms with van der Waals surface area (Å²) in [5.41, 5.74) is 0.291. The number of hydrogen-bond acceptors (Lipinski definition) is 3. The Morgan fingerprint density at radius 3 is 2.84 bits per heavy atom. The normalized spacial score (nSPS) is 23.7. The number of nitrogens with zero attached hydrogens (tertiary/aromatic N) is 2. The molecule has 0 aliphatic heterocycles. The quantitative estimate of drug-likeness (QED) is 0.851. The molecule has 0 spiro atoms. The van der Waals surface area contributed by atoms with Gasteiger partial charge in [0, 0.05) is 6.04 Å². The standard InChI is InChI=1S/C13H17Cl2N3O/c1-8-3-2-4-9(6-5-8)16-13(19)10-7-11(14)17-18-12(10)15/h7-9H,2-6H2,1H3,(H,16,19). The smallest absolute Gasteiger partial charge is 0.254 e. The highest BCUT2D eigenvalue weighted by Gasteiger charge is 2.20. The minimum atomic E-state index is -0.221. The third kappa shape index (κ3) is 4.05. The second-order valence-corrected chi connectivity index (χ2v) is 5.90. The van der Waals surface area contributed by atoms with Gasteiger partial charge in [-0.05, 0) is 31.2 Å². The van der Waals surface area contributed by atoms with Gasteiger partial charge in [-0.15, -0.1) is 10.2 Å². The number of amides is 1. The van der Waals surface area contributed by atoms with Crippen LogP contribution in [0.2, 0.25) is 10.3 Å². The first-order valence-corrected chi connectivity index (χ1v) is 7.31. The van der Waals surface area contributed by atoms with E-state index in [1.165, 1.54) is 12.5 Å². The number of aromatic nitrogens is 2. The molecule has 1 fully saturated rings. The van der Waals surface area contributed by atoms with Gasteiger partial charge in [0.2, 0.25) is 0 Å². The summed E-state index contributed by atoms with van der Waals surface area (Å²) in [4.78, 5) is 12.2. The fourth-order valence-electron chi connectivity index (χ4n) is 2.41. The lowest BCUT2D eigenvalue weighted by atomic mass is 10.0. The van der Waals surface area contributed by atoms with Crippen molar-refractivity contribution in [3.63, 3.8) is 0 Å². The van der Waals surface area contributed by atoms with Gasteiger partial charge in [-0.25, -0.2) is 0 Å². The Morgan fingerprint density at radius 1 is 1.26 bits per heavy atom. The van der Waals surface area contributed by atoms with Crippen molar-refractivity contribution in [1.29, 1.82) is 0 Å². The van der Waals surface area contributed by atoms with Crippen molar-refractivity contribution in [3.05, 3.63) is 21.9 Å². The SMILES string of the molecule is CC1CCCC(NC(=O)c2cc(Cl)nnc2Cl)CC1. The van der Waals surface area contributed by atoms with Crippen LogP contribution in [0.25, 0.3) is 0 Å². The highest BCUT2D eigenvalue weighted by Crippen LogP contribution is 2.23. The molecule has 1 heterocycles. The lowest BCUT2D eigenvalue weighted by molar-refractivity contribution is 0.0932. The van der Waals surface area contributed by atoms with Gasteiger partial charge in [-0.1, -0.05) is 43.0 Å². The maximum Gasteiger partial charge on any atom is 0.254 e. The van der Waals surface area contributed by atoms with Crippen LogP contribution < -0.4 is 5.32 Å². The van der Waals surface area contributed by atoms with Crippen LogP contribution >= 0.6 is 23.2 Å². The van der Waals surface area contributed by atoms with Gasteiger partial charge in [0.05, 0.1) is 5.56 Å². The molecule has 2 unspecified atom stereocenters. The largest absolute Gasteiger partial charge is 0.349 e. The Morgan fingerprint density at radius 2 is 2.05 bits per heavy atom. The van der Waals surface area contributed by atoms with Gasteiger partial charge < -0.3 is 5.32 Å². The number of rotatable bonds is 2. The van der Waals surface area contributed by atoms with Crippen molar-refractivity contribution in [2.24, 2.45) is 5.92 Å². The van der Waals surface area contributed by atoms with Crippen LogP contribution in [0.15, 0.2) is 6.07 Å². The van der Waals surface area contributed by atoms with Crippen LogP contribution in [-0.2, 0) is 0 Å². The molecule has 6 heteroatoms. The maximum absolute atomic E-state index is 12.2. The van der Waals surface area contributed by atoms with E-state index in [1.807, 2.05) is 0 Å². The molecule has 0 aromatic carbocycles. The first kappa shape index (κ1) is 14.5. The zero-order valence-electron chi connectivity index (χ0n) is 10.8. The van der Waals surface area contributed by atoms with Crippen LogP contribution in [0.1, 0.15) is 49.4 Å². The lowest BCUT2D eigenvalue weighted by Crippen LogP contribution is -2.34. The topological polar surface area (TPSA) is 54.9 Å². The predicted molar refractivity (Wildman–Crippen MR) is 75.6 cm³/mol. The third-order valence-corrected chi connectivity index (χ3v) is 4.02. The van der Waals surface area contributed by atoms with Gasteiger partial charge in [0.1, 0.15) is 0 Å². The second-order valence-electron chi connectivity index (χ2n) is 5.16. The maximum atomic E-state index is 12.2. The van der Waals surface area contributed by atoms with Crippen molar-refractivity contribution >= 4 is 29.1 Å². The molecule has 0 saturated heterocycles. The van der Waals surface area contributed by atoms with E-state index in [9.17, 15) is 4.79 Å². The van der Waals surface area contributed by atoms with Gasteiger partial charge >= 0.3 is 0 Å². The molecule has 1 aromatic heterocycles. The van der Waals surface area contributed by atoms with Crippen molar-refractivity contribution in [1.82, 2.24) is 15.5 Å². The molecular weight excluding hydrogens is 285 g/mol. The summed E-state index contributed by atoms with van der Waals surface area (Å²) in [7, 11) is 0. The second kappa shape index (κ2) is 6.53. The third-order valence-electron chi connectivity index (χ3n) is 3.56. The van der Waals surface area contributed by atoms with E-state index in [4.69, 9.17) is 23.2 Å². The summed E-state index contributed by atoms with van der Waals surface area (Å²) in [6.07, 6.45) is 5.55. The summed E-state index contributed by atoms with van der Waals surface area (Å²) in [6, 6.07) is 1.66. The van der Waals surface area contributed by atoms with Crippen LogP contribution in [0.3, 0.4) is 0 Å². The van der Waals surface area contributed by atoms with Gasteiger partial charge in [-0.3, -0.25) is 4.79 Å². The highest BCUT2D eigenvalue weighted by atomic mass is 35.5. The fourth-order valence-corrected chi connectivity index (χ4v) is 2.73. The van der Waals surface area contributed by atoms with E-state index in [-0.39, 0.29) is 22.3 Å². The molecule has 2 atom stereocenters. The lowest BCUT2D eigenvalue weighted by Gasteiger charge is -2.16. The molecule has 1 N–H and O–H groups in total. The van der Waals surface area contributed by atoms with Crippen LogP contribution in [0.5, 0.6) is 0 Å². The molecule has 2 rings (SSSR count). The molecule has 104 valence electrons. The first-order chi connectivity index (χ1) is 9.06. The predicted octanol–water partition coefficient (Wildman–Crippen LogP) is 3.48. The summed E-state index contributed by atoms with van der Waals surface area (Å²) in [5, 5.41) is 10.5. The molecule has 4 nitrogen and oxygen atoms in total. The number of halogens is 2. The average molecular weight is 302 g/mol. The number of hydrogen-bond donors (Lipinski definition) is 1. The number of nitrogens with one attached hydrogen (secondary N) is 1. The van der Waals surface area contributed by atoms with Crippen LogP contribution in [0.4, 0.5) is 0 Å². The van der Waals surface area contributed by atoms with Crippen LogP contribution in [-0.4, -0.2) is 22.1 Å². The van der Waals surface area contributed by atoms with Crippen molar-refractivity contribution in [2.75, 3.05) is 0 Å². The fraction of sp³-hybridized carbons (Fsp3) is 0.615. The summed E-state index contributed by atoms with van der Waals surface area (Å²) >= 11 is 11.6. The zero-order chi connectivity index (χ0) is 13.8. The monoisotopic (exact) mass is 301 g/mol. The molecule has 19 heavy (non-hydrogen) atoms. The van der Waals surface area contributed by atoms with E-state index in [2.05, 4.69) is 22.4 Å². The van der Waals surface area contributed by atoms with Crippen molar-refractivity contribution < 1.29 is 4.79 Å². The zero-order valence-corrected chi connectivity index (χ0v) is 12.3. The molecule has 1 aromatic rings. The van der Waals surface area contributed by atoms with Gasteiger partial charge in [-0.2, -0.15) is 0 Å². The molecule has 1 saturated carbocycles. The van der Waals surface area contributed by atoms with Crippen molar-refractivity contribution in [3.8, 4) is 0 Å². The molecule has 1 aliphatic rings. The van der Waals surface area contributed by atoms with Gasteiger partial charge in [0.15, 0.2) is 10.3 Å². The minimum absolute atomic E-state index is 0.0869. The van der Waals surface area contributed by atoms with Crippen molar-refractivity contribution in [2.45, 2.75) is 45.1 Å². The summed E-state index contributed by atoms with van der Waals surface area (Å²) < 4.78 is 0. The summed E-state index contributed by atoms with van der Waals surface area (Å²) in [6.45, 7) is 2.26. The van der Waals surface area contributed by atoms with Gasteiger partial charge in [0.25, 0.3) is 5.91 Å². The van der Waals surface area contributed by atoms with E-state index in [1.54, 1.807) is 0 Å². The molecule has 1 aliphatic carbocycles. The highest BCUT2D eigenvalue weighted by molar-refractivity contribution is 6.34. The Bertz CT molecular complexity index is 467.